The lowest BCUT2D eigenvalue weighted by molar-refractivity contribution is -0.118. The second-order valence-electron chi connectivity index (χ2n) is 4.34. The topological polar surface area (TPSA) is 50.4 Å². The minimum absolute atomic E-state index is 0.0802. The zero-order valence-corrected chi connectivity index (χ0v) is 10.3. The number of amides is 1. The molecule has 0 aromatic heterocycles. The van der Waals surface area contributed by atoms with Gasteiger partial charge in [0.05, 0.1) is 13.2 Å². The van der Waals surface area contributed by atoms with E-state index in [0.29, 0.717) is 5.69 Å². The van der Waals surface area contributed by atoms with Crippen LogP contribution in [0.1, 0.15) is 19.3 Å². The SMILES string of the molecule is COc1cc(NC(=O)[C@@H]2CCCCN2)ccc1F. The van der Waals surface area contributed by atoms with Crippen LogP contribution in [0.4, 0.5) is 10.1 Å². The van der Waals surface area contributed by atoms with Gasteiger partial charge < -0.3 is 15.4 Å². The Morgan fingerprint density at radius 2 is 2.33 bits per heavy atom. The normalized spacial score (nSPS) is 19.3. The summed E-state index contributed by atoms with van der Waals surface area (Å²) in [6, 6.07) is 4.13. The lowest BCUT2D eigenvalue weighted by Gasteiger charge is -2.22. The molecule has 0 aliphatic carbocycles. The van der Waals surface area contributed by atoms with Crippen LogP contribution in [-0.4, -0.2) is 25.6 Å². The van der Waals surface area contributed by atoms with Crippen molar-refractivity contribution in [2.45, 2.75) is 25.3 Å². The van der Waals surface area contributed by atoms with Crippen molar-refractivity contribution in [1.29, 1.82) is 0 Å². The van der Waals surface area contributed by atoms with E-state index in [0.717, 1.165) is 25.8 Å². The van der Waals surface area contributed by atoms with Crippen molar-refractivity contribution in [3.8, 4) is 5.75 Å². The Morgan fingerprint density at radius 3 is 3.00 bits per heavy atom. The van der Waals surface area contributed by atoms with Crippen molar-refractivity contribution in [1.82, 2.24) is 5.32 Å². The molecular weight excluding hydrogens is 235 g/mol. The molecule has 1 aromatic rings. The van der Waals surface area contributed by atoms with E-state index >= 15 is 0 Å². The number of carbonyl (C=O) groups excluding carboxylic acids is 1. The number of ether oxygens (including phenoxy) is 1. The molecular formula is C13H17FN2O2. The van der Waals surface area contributed by atoms with Gasteiger partial charge in [-0.15, -0.1) is 0 Å². The lowest BCUT2D eigenvalue weighted by atomic mass is 10.0. The van der Waals surface area contributed by atoms with Gasteiger partial charge in [-0.2, -0.15) is 0 Å². The van der Waals surface area contributed by atoms with Crippen molar-refractivity contribution >= 4 is 11.6 Å². The van der Waals surface area contributed by atoms with Crippen LogP contribution in [0.5, 0.6) is 5.75 Å². The first-order chi connectivity index (χ1) is 8.70. The fraction of sp³-hybridized carbons (Fsp3) is 0.462. The number of halogens is 1. The first kappa shape index (κ1) is 12.8. The Hall–Kier alpha value is -1.62. The Labute approximate surface area is 106 Å². The number of anilines is 1. The van der Waals surface area contributed by atoms with Gasteiger partial charge in [0.15, 0.2) is 11.6 Å². The minimum atomic E-state index is -0.439. The molecule has 4 nitrogen and oxygen atoms in total. The van der Waals surface area contributed by atoms with E-state index < -0.39 is 5.82 Å². The molecule has 0 bridgehead atoms. The number of hydrogen-bond acceptors (Lipinski definition) is 3. The number of piperidine rings is 1. The van der Waals surface area contributed by atoms with E-state index in [9.17, 15) is 9.18 Å². The fourth-order valence-corrected chi connectivity index (χ4v) is 2.04. The predicted molar refractivity (Wildman–Crippen MR) is 67.2 cm³/mol. The van der Waals surface area contributed by atoms with Gasteiger partial charge in [-0.05, 0) is 31.5 Å². The van der Waals surface area contributed by atoms with Gasteiger partial charge >= 0.3 is 0 Å². The molecule has 5 heteroatoms. The standard InChI is InChI=1S/C13H17FN2O2/c1-18-12-8-9(5-6-10(12)14)16-13(17)11-4-2-3-7-15-11/h5-6,8,11,15H,2-4,7H2,1H3,(H,16,17)/t11-/m0/s1. The zero-order valence-electron chi connectivity index (χ0n) is 10.3. The minimum Gasteiger partial charge on any atom is -0.494 e. The molecule has 0 radical (unpaired) electrons. The number of methoxy groups -OCH3 is 1. The number of nitrogens with one attached hydrogen (secondary N) is 2. The van der Waals surface area contributed by atoms with E-state index in [1.807, 2.05) is 0 Å². The molecule has 1 atom stereocenters. The highest BCUT2D eigenvalue weighted by Gasteiger charge is 2.20. The molecule has 1 aliphatic rings. The molecule has 1 aromatic carbocycles. The summed E-state index contributed by atoms with van der Waals surface area (Å²) in [5.41, 5.74) is 0.547. The van der Waals surface area contributed by atoms with Crippen molar-refractivity contribution in [3.05, 3.63) is 24.0 Å². The highest BCUT2D eigenvalue weighted by atomic mass is 19.1. The Morgan fingerprint density at radius 1 is 1.50 bits per heavy atom. The van der Waals surface area contributed by atoms with Crippen molar-refractivity contribution in [3.63, 3.8) is 0 Å². The third-order valence-corrected chi connectivity index (χ3v) is 3.05. The molecule has 18 heavy (non-hydrogen) atoms. The van der Waals surface area contributed by atoms with E-state index in [1.54, 1.807) is 0 Å². The van der Waals surface area contributed by atoms with Crippen LogP contribution in [0.15, 0.2) is 18.2 Å². The van der Waals surface area contributed by atoms with Crippen LogP contribution < -0.4 is 15.4 Å². The van der Waals surface area contributed by atoms with Crippen LogP contribution in [0, 0.1) is 5.82 Å². The molecule has 1 heterocycles. The lowest BCUT2D eigenvalue weighted by Crippen LogP contribution is -2.43. The summed E-state index contributed by atoms with van der Waals surface area (Å²) in [7, 11) is 1.40. The predicted octanol–water partition coefficient (Wildman–Crippen LogP) is 1.91. The van der Waals surface area contributed by atoms with Gasteiger partial charge in [0.2, 0.25) is 5.91 Å². The highest BCUT2D eigenvalue weighted by Crippen LogP contribution is 2.21. The van der Waals surface area contributed by atoms with Gasteiger partial charge in [0.1, 0.15) is 0 Å². The molecule has 98 valence electrons. The third-order valence-electron chi connectivity index (χ3n) is 3.05. The van der Waals surface area contributed by atoms with Gasteiger partial charge in [-0.3, -0.25) is 4.79 Å². The molecule has 1 fully saturated rings. The molecule has 0 spiro atoms. The maximum Gasteiger partial charge on any atom is 0.241 e. The van der Waals surface area contributed by atoms with E-state index in [1.165, 1.54) is 25.3 Å². The average Bonchev–Trinajstić information content (AvgIpc) is 2.42. The largest absolute Gasteiger partial charge is 0.494 e. The maximum atomic E-state index is 13.2. The second-order valence-corrected chi connectivity index (χ2v) is 4.34. The van der Waals surface area contributed by atoms with Gasteiger partial charge in [0, 0.05) is 11.8 Å². The molecule has 2 N–H and O–H groups in total. The van der Waals surface area contributed by atoms with Crippen LogP contribution in [0.3, 0.4) is 0 Å². The van der Waals surface area contributed by atoms with E-state index in [2.05, 4.69) is 10.6 Å². The van der Waals surface area contributed by atoms with Crippen LogP contribution in [-0.2, 0) is 4.79 Å². The summed E-state index contributed by atoms with van der Waals surface area (Å²) in [6.45, 7) is 0.866. The van der Waals surface area contributed by atoms with Crippen LogP contribution in [0.2, 0.25) is 0 Å². The fourth-order valence-electron chi connectivity index (χ4n) is 2.04. The van der Waals surface area contributed by atoms with Gasteiger partial charge in [0.25, 0.3) is 0 Å². The Bertz CT molecular complexity index is 431. The van der Waals surface area contributed by atoms with Crippen molar-refractivity contribution < 1.29 is 13.9 Å². The van der Waals surface area contributed by atoms with Crippen LogP contribution >= 0.6 is 0 Å². The number of benzene rings is 1. The monoisotopic (exact) mass is 252 g/mol. The number of carbonyl (C=O) groups is 1. The maximum absolute atomic E-state index is 13.2. The summed E-state index contributed by atoms with van der Waals surface area (Å²) in [5, 5.41) is 5.93. The molecule has 0 saturated carbocycles. The molecule has 1 amide bonds. The summed E-state index contributed by atoms with van der Waals surface area (Å²) in [5.74, 6) is -0.390. The van der Waals surface area contributed by atoms with Crippen molar-refractivity contribution in [2.75, 3.05) is 19.0 Å². The van der Waals surface area contributed by atoms with Gasteiger partial charge in [-0.1, -0.05) is 6.42 Å². The summed E-state index contributed by atoms with van der Waals surface area (Å²) < 4.78 is 18.1. The molecule has 1 aliphatic heterocycles. The first-order valence-electron chi connectivity index (χ1n) is 6.08. The first-order valence-corrected chi connectivity index (χ1v) is 6.08. The van der Waals surface area contributed by atoms with E-state index in [4.69, 9.17) is 4.74 Å². The van der Waals surface area contributed by atoms with Gasteiger partial charge in [-0.25, -0.2) is 4.39 Å². The number of rotatable bonds is 3. The Kier molecular flexibility index (Phi) is 4.15. The molecule has 1 saturated heterocycles. The zero-order chi connectivity index (χ0) is 13.0. The summed E-state index contributed by atoms with van der Waals surface area (Å²) >= 11 is 0. The second kappa shape index (κ2) is 5.82. The molecule has 2 rings (SSSR count). The quantitative estimate of drug-likeness (QED) is 0.864. The van der Waals surface area contributed by atoms with E-state index in [-0.39, 0.29) is 17.7 Å². The molecule has 0 unspecified atom stereocenters. The third kappa shape index (κ3) is 2.98. The number of hydrogen-bond donors (Lipinski definition) is 2. The van der Waals surface area contributed by atoms with Crippen molar-refractivity contribution in [2.24, 2.45) is 0 Å². The smallest absolute Gasteiger partial charge is 0.241 e. The summed E-state index contributed by atoms with van der Waals surface area (Å²) in [4.78, 5) is 11.9. The highest BCUT2D eigenvalue weighted by molar-refractivity contribution is 5.95. The average molecular weight is 252 g/mol. The summed E-state index contributed by atoms with van der Waals surface area (Å²) in [6.07, 6.45) is 3.00. The Balaban J connectivity index is 2.02. The van der Waals surface area contributed by atoms with Crippen LogP contribution in [0.25, 0.3) is 0 Å².